The van der Waals surface area contributed by atoms with E-state index < -0.39 is 0 Å². The Kier molecular flexibility index (Phi) is 3.30. The highest BCUT2D eigenvalue weighted by Crippen LogP contribution is 2.43. The van der Waals surface area contributed by atoms with Crippen molar-refractivity contribution in [2.45, 2.75) is 57.0 Å². The van der Waals surface area contributed by atoms with Crippen LogP contribution in [0.1, 0.15) is 55.9 Å². The Balaban J connectivity index is 1.64. The standard InChI is InChI=1S/C14H21NS/c1-2-5-12(6-3-1)15-14(11-8-9-11)13-7-4-10-16-13/h4,7,10-12,14-15H,1-3,5-6,8-9H2. The first-order valence-electron chi connectivity index (χ1n) is 6.73. The molecule has 2 aliphatic rings. The highest BCUT2D eigenvalue weighted by molar-refractivity contribution is 7.10. The number of hydrogen-bond acceptors (Lipinski definition) is 2. The number of rotatable bonds is 4. The molecule has 0 radical (unpaired) electrons. The van der Waals surface area contributed by atoms with E-state index in [1.807, 2.05) is 11.3 Å². The molecule has 2 heteroatoms. The zero-order valence-corrected chi connectivity index (χ0v) is 10.6. The largest absolute Gasteiger partial charge is 0.306 e. The van der Waals surface area contributed by atoms with Crippen molar-refractivity contribution in [3.63, 3.8) is 0 Å². The molecule has 0 aromatic carbocycles. The average Bonchev–Trinajstić information content (AvgIpc) is 3.02. The van der Waals surface area contributed by atoms with Gasteiger partial charge in [-0.25, -0.2) is 0 Å². The molecular weight excluding hydrogens is 214 g/mol. The number of thiophene rings is 1. The van der Waals surface area contributed by atoms with E-state index in [-0.39, 0.29) is 0 Å². The molecule has 88 valence electrons. The van der Waals surface area contributed by atoms with Crippen LogP contribution in [0.4, 0.5) is 0 Å². The lowest BCUT2D eigenvalue weighted by Gasteiger charge is -2.28. The Bertz CT molecular complexity index is 309. The molecule has 2 saturated carbocycles. The van der Waals surface area contributed by atoms with E-state index in [1.54, 1.807) is 4.88 Å². The van der Waals surface area contributed by atoms with E-state index in [0.717, 1.165) is 12.0 Å². The molecule has 1 nitrogen and oxygen atoms in total. The van der Waals surface area contributed by atoms with Crippen LogP contribution in [0.2, 0.25) is 0 Å². The summed E-state index contributed by atoms with van der Waals surface area (Å²) in [6.45, 7) is 0. The van der Waals surface area contributed by atoms with Crippen LogP contribution in [-0.4, -0.2) is 6.04 Å². The van der Waals surface area contributed by atoms with Gasteiger partial charge in [-0.3, -0.25) is 0 Å². The fraction of sp³-hybridized carbons (Fsp3) is 0.714. The van der Waals surface area contributed by atoms with Crippen molar-refractivity contribution < 1.29 is 0 Å². The van der Waals surface area contributed by atoms with E-state index in [1.165, 1.54) is 44.9 Å². The smallest absolute Gasteiger partial charge is 0.0445 e. The van der Waals surface area contributed by atoms with Gasteiger partial charge in [-0.1, -0.05) is 25.3 Å². The maximum Gasteiger partial charge on any atom is 0.0445 e. The molecular formula is C14H21NS. The summed E-state index contributed by atoms with van der Waals surface area (Å²) in [6, 6.07) is 5.96. The maximum absolute atomic E-state index is 3.93. The molecule has 1 N–H and O–H groups in total. The second kappa shape index (κ2) is 4.89. The SMILES string of the molecule is c1csc(C(NC2CCCCC2)C2CC2)c1. The minimum atomic E-state index is 0.670. The van der Waals surface area contributed by atoms with Gasteiger partial charge in [-0.15, -0.1) is 11.3 Å². The predicted molar refractivity (Wildman–Crippen MR) is 69.8 cm³/mol. The Morgan fingerprint density at radius 2 is 1.94 bits per heavy atom. The van der Waals surface area contributed by atoms with E-state index in [9.17, 15) is 0 Å². The third-order valence-corrected chi connectivity index (χ3v) is 4.92. The predicted octanol–water partition coefficient (Wildman–Crippen LogP) is 4.12. The lowest BCUT2D eigenvalue weighted by molar-refractivity contribution is 0.325. The van der Waals surface area contributed by atoms with Crippen LogP contribution in [0.5, 0.6) is 0 Å². The molecule has 0 spiro atoms. The van der Waals surface area contributed by atoms with Crippen molar-refractivity contribution in [2.24, 2.45) is 5.92 Å². The topological polar surface area (TPSA) is 12.0 Å². The molecule has 2 aliphatic carbocycles. The molecule has 0 bridgehead atoms. The summed E-state index contributed by atoms with van der Waals surface area (Å²) in [4.78, 5) is 1.56. The number of hydrogen-bond donors (Lipinski definition) is 1. The van der Waals surface area contributed by atoms with Crippen molar-refractivity contribution in [2.75, 3.05) is 0 Å². The summed E-state index contributed by atoms with van der Waals surface area (Å²) in [6.07, 6.45) is 9.97. The van der Waals surface area contributed by atoms with Crippen LogP contribution in [-0.2, 0) is 0 Å². The Hall–Kier alpha value is -0.340. The molecule has 0 saturated heterocycles. The monoisotopic (exact) mass is 235 g/mol. The van der Waals surface area contributed by atoms with Gasteiger partial charge in [-0.2, -0.15) is 0 Å². The normalized spacial score (nSPS) is 24.5. The highest BCUT2D eigenvalue weighted by atomic mass is 32.1. The molecule has 0 aliphatic heterocycles. The number of nitrogens with one attached hydrogen (secondary N) is 1. The summed E-state index contributed by atoms with van der Waals surface area (Å²) in [5.41, 5.74) is 0. The molecule has 0 amide bonds. The van der Waals surface area contributed by atoms with Gasteiger partial charge in [0.15, 0.2) is 0 Å². The van der Waals surface area contributed by atoms with Crippen LogP contribution in [0.15, 0.2) is 17.5 Å². The Morgan fingerprint density at radius 3 is 2.56 bits per heavy atom. The van der Waals surface area contributed by atoms with Gasteiger partial charge in [-0.05, 0) is 43.0 Å². The zero-order chi connectivity index (χ0) is 10.8. The Morgan fingerprint density at radius 1 is 1.12 bits per heavy atom. The lowest BCUT2D eigenvalue weighted by atomic mass is 9.94. The van der Waals surface area contributed by atoms with Crippen LogP contribution in [0.25, 0.3) is 0 Å². The van der Waals surface area contributed by atoms with Gasteiger partial charge in [0.25, 0.3) is 0 Å². The van der Waals surface area contributed by atoms with Gasteiger partial charge in [0.1, 0.15) is 0 Å². The van der Waals surface area contributed by atoms with Crippen molar-refractivity contribution >= 4 is 11.3 Å². The summed E-state index contributed by atoms with van der Waals surface area (Å²) in [5, 5.41) is 6.15. The van der Waals surface area contributed by atoms with Crippen molar-refractivity contribution in [1.29, 1.82) is 0 Å². The summed E-state index contributed by atoms with van der Waals surface area (Å²) in [7, 11) is 0. The highest BCUT2D eigenvalue weighted by Gasteiger charge is 2.34. The minimum Gasteiger partial charge on any atom is -0.306 e. The first-order chi connectivity index (χ1) is 7.93. The average molecular weight is 235 g/mol. The molecule has 2 fully saturated rings. The first-order valence-corrected chi connectivity index (χ1v) is 7.61. The third-order valence-electron chi connectivity index (χ3n) is 3.96. The molecule has 16 heavy (non-hydrogen) atoms. The van der Waals surface area contributed by atoms with Crippen molar-refractivity contribution in [1.82, 2.24) is 5.32 Å². The fourth-order valence-corrected chi connectivity index (χ4v) is 3.75. The van der Waals surface area contributed by atoms with Crippen LogP contribution in [0, 0.1) is 5.92 Å². The molecule has 1 aromatic heterocycles. The maximum atomic E-state index is 3.93. The molecule has 1 heterocycles. The van der Waals surface area contributed by atoms with Crippen molar-refractivity contribution in [3.8, 4) is 0 Å². The summed E-state index contributed by atoms with van der Waals surface area (Å²) < 4.78 is 0. The summed E-state index contributed by atoms with van der Waals surface area (Å²) in [5.74, 6) is 0.931. The first kappa shape index (κ1) is 10.8. The lowest BCUT2D eigenvalue weighted by Crippen LogP contribution is -2.35. The van der Waals surface area contributed by atoms with Gasteiger partial charge >= 0.3 is 0 Å². The van der Waals surface area contributed by atoms with E-state index in [0.29, 0.717) is 6.04 Å². The molecule has 1 atom stereocenters. The third kappa shape index (κ3) is 2.49. The van der Waals surface area contributed by atoms with Gasteiger partial charge in [0.05, 0.1) is 0 Å². The molecule has 1 aromatic rings. The summed E-state index contributed by atoms with van der Waals surface area (Å²) >= 11 is 1.93. The quantitative estimate of drug-likeness (QED) is 0.827. The molecule has 1 unspecified atom stereocenters. The van der Waals surface area contributed by atoms with E-state index in [2.05, 4.69) is 22.8 Å². The van der Waals surface area contributed by atoms with Gasteiger partial charge in [0.2, 0.25) is 0 Å². The second-order valence-corrected chi connectivity index (χ2v) is 6.31. The minimum absolute atomic E-state index is 0.670. The second-order valence-electron chi connectivity index (χ2n) is 5.33. The van der Waals surface area contributed by atoms with Gasteiger partial charge in [0, 0.05) is 17.0 Å². The Labute approximate surface area is 102 Å². The van der Waals surface area contributed by atoms with Crippen LogP contribution < -0.4 is 5.32 Å². The van der Waals surface area contributed by atoms with E-state index in [4.69, 9.17) is 0 Å². The zero-order valence-electron chi connectivity index (χ0n) is 9.82. The van der Waals surface area contributed by atoms with Crippen LogP contribution in [0.3, 0.4) is 0 Å². The van der Waals surface area contributed by atoms with Gasteiger partial charge < -0.3 is 5.32 Å². The van der Waals surface area contributed by atoms with E-state index >= 15 is 0 Å². The van der Waals surface area contributed by atoms with Crippen molar-refractivity contribution in [3.05, 3.63) is 22.4 Å². The van der Waals surface area contributed by atoms with Crippen LogP contribution >= 0.6 is 11.3 Å². The fourth-order valence-electron chi connectivity index (χ4n) is 2.87. The molecule has 3 rings (SSSR count).